The van der Waals surface area contributed by atoms with Gasteiger partial charge in [-0.3, -0.25) is 9.59 Å². The minimum atomic E-state index is 0.134. The Bertz CT molecular complexity index is 649. The number of hydrogen-bond donors (Lipinski definition) is 0. The molecule has 3 nitrogen and oxygen atoms in total. The van der Waals surface area contributed by atoms with Crippen LogP contribution >= 0.6 is 0 Å². The summed E-state index contributed by atoms with van der Waals surface area (Å²) in [4.78, 5) is 24.2. The van der Waals surface area contributed by atoms with Crippen LogP contribution in [0.5, 0.6) is 0 Å². The molecule has 1 unspecified atom stereocenters. The molecule has 1 spiro atoms. The minimum Gasteiger partial charge on any atom is -0.377 e. The zero-order valence-corrected chi connectivity index (χ0v) is 14.8. The summed E-state index contributed by atoms with van der Waals surface area (Å²) in [6.07, 6.45) is 9.54. The monoisotopic (exact) mass is 328 g/mol. The lowest BCUT2D eigenvalue weighted by Crippen LogP contribution is -2.54. The van der Waals surface area contributed by atoms with Crippen molar-refractivity contribution in [1.29, 1.82) is 0 Å². The standard InChI is InChI=1S/C21H28O3/c1-12(22)16-5-6-17-15-4-3-13-9-14(23)7-8-21(13)11-24-18(19(15)21)10-20(16,17)2/h9,15-19H,3-8,10-11H2,1-2H3/t15-,16+,17-,18?,19+,20+,21+/m0/s1. The molecule has 0 aromatic carbocycles. The van der Waals surface area contributed by atoms with Gasteiger partial charge in [0.25, 0.3) is 0 Å². The number of ketones is 2. The molecule has 0 radical (unpaired) electrons. The molecule has 5 rings (SSSR count). The molecular weight excluding hydrogens is 300 g/mol. The number of ether oxygens (including phenoxy) is 1. The van der Waals surface area contributed by atoms with Crippen molar-refractivity contribution in [3.05, 3.63) is 11.6 Å². The number of carbonyl (C=O) groups excluding carboxylic acids is 2. The molecule has 0 bridgehead atoms. The highest BCUT2D eigenvalue weighted by Crippen LogP contribution is 2.69. The molecule has 0 aromatic rings. The quantitative estimate of drug-likeness (QED) is 0.737. The molecule has 4 fully saturated rings. The molecule has 0 aromatic heterocycles. The van der Waals surface area contributed by atoms with Crippen LogP contribution in [0.3, 0.4) is 0 Å². The van der Waals surface area contributed by atoms with E-state index in [1.54, 1.807) is 6.92 Å². The number of hydrogen-bond acceptors (Lipinski definition) is 3. The maximum Gasteiger partial charge on any atom is 0.155 e. The molecule has 4 aliphatic carbocycles. The van der Waals surface area contributed by atoms with Crippen molar-refractivity contribution in [3.63, 3.8) is 0 Å². The predicted octanol–water partition coefficient (Wildman–Crippen LogP) is 3.71. The highest BCUT2D eigenvalue weighted by atomic mass is 16.5. The van der Waals surface area contributed by atoms with Crippen molar-refractivity contribution < 1.29 is 14.3 Å². The summed E-state index contributed by atoms with van der Waals surface area (Å²) in [5, 5.41) is 0. The van der Waals surface area contributed by atoms with Gasteiger partial charge in [0, 0.05) is 17.8 Å². The van der Waals surface area contributed by atoms with Crippen LogP contribution in [0.1, 0.15) is 58.8 Å². The lowest BCUT2D eigenvalue weighted by atomic mass is 9.46. The van der Waals surface area contributed by atoms with E-state index in [-0.39, 0.29) is 16.7 Å². The van der Waals surface area contributed by atoms with Gasteiger partial charge in [-0.15, -0.1) is 0 Å². The highest BCUT2D eigenvalue weighted by molar-refractivity contribution is 5.91. The van der Waals surface area contributed by atoms with Crippen molar-refractivity contribution in [2.45, 2.75) is 64.9 Å². The molecule has 1 heterocycles. The van der Waals surface area contributed by atoms with Crippen LogP contribution in [-0.4, -0.2) is 24.3 Å². The predicted molar refractivity (Wildman–Crippen MR) is 90.3 cm³/mol. The average Bonchev–Trinajstić information content (AvgIpc) is 3.07. The maximum atomic E-state index is 12.2. The van der Waals surface area contributed by atoms with Crippen LogP contribution in [-0.2, 0) is 14.3 Å². The largest absolute Gasteiger partial charge is 0.377 e. The SMILES string of the molecule is CC(=O)[C@H]1CC[C@H]2[C@@H]3CCC4=CC(=O)CC[C@@]45COC(C[C@]12C)[C@@H]35. The van der Waals surface area contributed by atoms with Gasteiger partial charge < -0.3 is 4.74 Å². The summed E-state index contributed by atoms with van der Waals surface area (Å²) in [5.74, 6) is 2.88. The summed E-state index contributed by atoms with van der Waals surface area (Å²) in [5.41, 5.74) is 1.68. The topological polar surface area (TPSA) is 43.4 Å². The third-order valence-electron chi connectivity index (χ3n) is 8.65. The van der Waals surface area contributed by atoms with E-state index in [1.807, 2.05) is 6.08 Å². The van der Waals surface area contributed by atoms with E-state index < -0.39 is 0 Å². The highest BCUT2D eigenvalue weighted by Gasteiger charge is 2.66. The van der Waals surface area contributed by atoms with Crippen LogP contribution in [0, 0.1) is 34.5 Å². The Balaban J connectivity index is 1.56. The zero-order valence-electron chi connectivity index (χ0n) is 14.8. The number of carbonyl (C=O) groups is 2. The Morgan fingerprint density at radius 1 is 1.25 bits per heavy atom. The molecule has 3 saturated carbocycles. The van der Waals surface area contributed by atoms with Crippen molar-refractivity contribution in [3.8, 4) is 0 Å². The van der Waals surface area contributed by atoms with Gasteiger partial charge in [-0.1, -0.05) is 12.5 Å². The number of fused-ring (bicyclic) bond motifs is 2. The molecule has 24 heavy (non-hydrogen) atoms. The van der Waals surface area contributed by atoms with Gasteiger partial charge in [0.1, 0.15) is 5.78 Å². The van der Waals surface area contributed by atoms with E-state index in [1.165, 1.54) is 18.4 Å². The van der Waals surface area contributed by atoms with Crippen molar-refractivity contribution in [1.82, 2.24) is 0 Å². The molecule has 5 aliphatic rings. The second-order valence-corrected chi connectivity index (χ2v) is 9.43. The van der Waals surface area contributed by atoms with Gasteiger partial charge in [0.05, 0.1) is 12.7 Å². The number of Topliss-reactive ketones (excluding diaryl/α,β-unsaturated/α-hetero) is 1. The third kappa shape index (κ3) is 1.72. The Kier molecular flexibility index (Phi) is 3.07. The summed E-state index contributed by atoms with van der Waals surface area (Å²) < 4.78 is 6.40. The molecular formula is C21H28O3. The fourth-order valence-corrected chi connectivity index (χ4v) is 7.78. The van der Waals surface area contributed by atoms with Gasteiger partial charge >= 0.3 is 0 Å². The van der Waals surface area contributed by atoms with Crippen LogP contribution in [0.25, 0.3) is 0 Å². The summed E-state index contributed by atoms with van der Waals surface area (Å²) in [6.45, 7) is 4.97. The van der Waals surface area contributed by atoms with Crippen LogP contribution in [0.15, 0.2) is 11.6 Å². The smallest absolute Gasteiger partial charge is 0.155 e. The van der Waals surface area contributed by atoms with Crippen molar-refractivity contribution in [2.75, 3.05) is 6.61 Å². The molecule has 0 amide bonds. The lowest BCUT2D eigenvalue weighted by molar-refractivity contribution is -0.131. The van der Waals surface area contributed by atoms with Crippen LogP contribution in [0.4, 0.5) is 0 Å². The molecule has 130 valence electrons. The first-order valence-electron chi connectivity index (χ1n) is 9.82. The van der Waals surface area contributed by atoms with Gasteiger partial charge in [-0.2, -0.15) is 0 Å². The molecule has 3 heteroatoms. The second-order valence-electron chi connectivity index (χ2n) is 9.43. The fraction of sp³-hybridized carbons (Fsp3) is 0.810. The van der Waals surface area contributed by atoms with E-state index in [0.29, 0.717) is 41.8 Å². The van der Waals surface area contributed by atoms with E-state index in [4.69, 9.17) is 4.74 Å². The molecule has 0 N–H and O–H groups in total. The van der Waals surface area contributed by atoms with Crippen molar-refractivity contribution in [2.24, 2.45) is 34.5 Å². The minimum absolute atomic E-state index is 0.134. The van der Waals surface area contributed by atoms with Gasteiger partial charge in [0.15, 0.2) is 5.78 Å². The molecule has 1 aliphatic heterocycles. The van der Waals surface area contributed by atoms with E-state index in [0.717, 1.165) is 32.3 Å². The van der Waals surface area contributed by atoms with Gasteiger partial charge in [-0.25, -0.2) is 0 Å². The summed E-state index contributed by atoms with van der Waals surface area (Å²) in [6, 6.07) is 0. The molecule has 1 saturated heterocycles. The van der Waals surface area contributed by atoms with E-state index in [2.05, 4.69) is 6.92 Å². The first-order valence-corrected chi connectivity index (χ1v) is 9.82. The Labute approximate surface area is 144 Å². The Hall–Kier alpha value is -0.960. The van der Waals surface area contributed by atoms with Crippen molar-refractivity contribution >= 4 is 11.6 Å². The molecule has 7 atom stereocenters. The van der Waals surface area contributed by atoms with E-state index >= 15 is 0 Å². The van der Waals surface area contributed by atoms with Crippen LogP contribution < -0.4 is 0 Å². The summed E-state index contributed by atoms with van der Waals surface area (Å²) >= 11 is 0. The Morgan fingerprint density at radius 3 is 2.88 bits per heavy atom. The first kappa shape index (κ1) is 15.3. The Morgan fingerprint density at radius 2 is 2.08 bits per heavy atom. The zero-order chi connectivity index (χ0) is 16.7. The normalized spacial score (nSPS) is 52.3. The van der Waals surface area contributed by atoms with Crippen LogP contribution in [0.2, 0.25) is 0 Å². The fourth-order valence-electron chi connectivity index (χ4n) is 7.78. The van der Waals surface area contributed by atoms with Gasteiger partial charge in [-0.05, 0) is 74.7 Å². The lowest BCUT2D eigenvalue weighted by Gasteiger charge is -2.56. The second kappa shape index (κ2) is 4.81. The third-order valence-corrected chi connectivity index (χ3v) is 8.65. The maximum absolute atomic E-state index is 12.2. The number of rotatable bonds is 1. The van der Waals surface area contributed by atoms with Gasteiger partial charge in [0.2, 0.25) is 0 Å². The average molecular weight is 328 g/mol. The first-order chi connectivity index (χ1) is 11.5. The summed E-state index contributed by atoms with van der Waals surface area (Å²) in [7, 11) is 0. The van der Waals surface area contributed by atoms with E-state index in [9.17, 15) is 9.59 Å².